The Bertz CT molecular complexity index is 334. The molecule has 18 heavy (non-hydrogen) atoms. The van der Waals surface area contributed by atoms with E-state index in [0.717, 1.165) is 44.9 Å². The zero-order chi connectivity index (χ0) is 13.2. The van der Waals surface area contributed by atoms with Gasteiger partial charge in [0.1, 0.15) is 0 Å². The first-order chi connectivity index (χ1) is 8.55. The fraction of sp³-hybridized carbons (Fsp3) is 0.938. The Morgan fingerprint density at radius 2 is 1.94 bits per heavy atom. The van der Waals surface area contributed by atoms with E-state index in [1.165, 1.54) is 12.8 Å². The van der Waals surface area contributed by atoms with Gasteiger partial charge in [-0.3, -0.25) is 0 Å². The summed E-state index contributed by atoms with van der Waals surface area (Å²) in [5.74, 6) is 1.20. The highest BCUT2D eigenvalue weighted by molar-refractivity contribution is 5.14. The highest BCUT2D eigenvalue weighted by Crippen LogP contribution is 2.53. The molecule has 2 fully saturated rings. The Kier molecular flexibility index (Phi) is 4.02. The minimum atomic E-state index is -0.713. The van der Waals surface area contributed by atoms with Crippen molar-refractivity contribution in [1.29, 1.82) is 5.26 Å². The molecule has 2 saturated carbocycles. The molecule has 2 aliphatic rings. The van der Waals surface area contributed by atoms with E-state index < -0.39 is 11.0 Å². The summed E-state index contributed by atoms with van der Waals surface area (Å²) in [6.45, 7) is 4.44. The van der Waals surface area contributed by atoms with Crippen molar-refractivity contribution in [1.82, 2.24) is 0 Å². The van der Waals surface area contributed by atoms with E-state index in [-0.39, 0.29) is 0 Å². The van der Waals surface area contributed by atoms with Crippen LogP contribution >= 0.6 is 0 Å². The molecule has 102 valence electrons. The Balaban J connectivity index is 2.22. The maximum Gasteiger partial charge on any atom is 0.0862 e. The van der Waals surface area contributed by atoms with Crippen molar-refractivity contribution in [3.63, 3.8) is 0 Å². The van der Waals surface area contributed by atoms with Gasteiger partial charge in [-0.25, -0.2) is 0 Å². The SMILES string of the molecule is CCC1CCCC(O)(C2(C#N)CCCC(C)C2)C1. The van der Waals surface area contributed by atoms with Gasteiger partial charge >= 0.3 is 0 Å². The molecule has 2 rings (SSSR count). The number of hydrogen-bond donors (Lipinski definition) is 1. The molecule has 0 radical (unpaired) electrons. The van der Waals surface area contributed by atoms with Crippen molar-refractivity contribution in [2.75, 3.05) is 0 Å². The van der Waals surface area contributed by atoms with Crippen LogP contribution in [-0.2, 0) is 0 Å². The molecular formula is C16H27NO. The summed E-state index contributed by atoms with van der Waals surface area (Å²) in [4.78, 5) is 0. The van der Waals surface area contributed by atoms with Gasteiger partial charge in [-0.15, -0.1) is 0 Å². The standard InChI is InChI=1S/C16H27NO/c1-3-14-7-5-9-16(18,11-14)15(12-17)8-4-6-13(2)10-15/h13-14,18H,3-11H2,1-2H3. The molecule has 1 N–H and O–H groups in total. The monoisotopic (exact) mass is 249 g/mol. The van der Waals surface area contributed by atoms with Crippen LogP contribution in [0.25, 0.3) is 0 Å². The molecule has 2 aliphatic carbocycles. The van der Waals surface area contributed by atoms with Gasteiger partial charge in [0, 0.05) is 0 Å². The van der Waals surface area contributed by atoms with E-state index in [1.54, 1.807) is 0 Å². The number of rotatable bonds is 2. The molecule has 4 atom stereocenters. The second-order valence-electron chi connectivity index (χ2n) is 6.80. The maximum atomic E-state index is 11.1. The lowest BCUT2D eigenvalue weighted by atomic mass is 9.56. The van der Waals surface area contributed by atoms with Crippen LogP contribution in [0, 0.1) is 28.6 Å². The third-order valence-corrected chi connectivity index (χ3v) is 5.51. The topological polar surface area (TPSA) is 44.0 Å². The molecule has 0 heterocycles. The van der Waals surface area contributed by atoms with E-state index in [1.807, 2.05) is 0 Å². The quantitative estimate of drug-likeness (QED) is 0.802. The average molecular weight is 249 g/mol. The first-order valence-electron chi connectivity index (χ1n) is 7.69. The van der Waals surface area contributed by atoms with Crippen LogP contribution in [-0.4, -0.2) is 10.7 Å². The van der Waals surface area contributed by atoms with E-state index in [2.05, 4.69) is 19.9 Å². The second kappa shape index (κ2) is 5.21. The molecule has 0 saturated heterocycles. The minimum absolute atomic E-state index is 0.460. The van der Waals surface area contributed by atoms with Crippen molar-refractivity contribution in [3.8, 4) is 6.07 Å². The summed E-state index contributed by atoms with van der Waals surface area (Å²) >= 11 is 0. The van der Waals surface area contributed by atoms with Gasteiger partial charge in [0.05, 0.1) is 17.1 Å². The summed E-state index contributed by atoms with van der Waals surface area (Å²) in [6, 6.07) is 2.55. The number of hydrogen-bond acceptors (Lipinski definition) is 2. The summed E-state index contributed by atoms with van der Waals surface area (Å²) in [6.07, 6.45) is 9.28. The van der Waals surface area contributed by atoms with Crippen LogP contribution in [0.4, 0.5) is 0 Å². The number of nitriles is 1. The first-order valence-corrected chi connectivity index (χ1v) is 7.69. The second-order valence-corrected chi connectivity index (χ2v) is 6.80. The van der Waals surface area contributed by atoms with Gasteiger partial charge in [0.25, 0.3) is 0 Å². The molecular weight excluding hydrogens is 222 g/mol. The Hall–Kier alpha value is -0.550. The highest BCUT2D eigenvalue weighted by atomic mass is 16.3. The molecule has 0 aliphatic heterocycles. The van der Waals surface area contributed by atoms with Crippen LogP contribution in [0.3, 0.4) is 0 Å². The summed E-state index contributed by atoms with van der Waals surface area (Å²) in [5, 5.41) is 20.9. The lowest BCUT2D eigenvalue weighted by Crippen LogP contribution is -2.52. The third kappa shape index (κ3) is 2.30. The van der Waals surface area contributed by atoms with E-state index in [0.29, 0.717) is 11.8 Å². The predicted molar refractivity (Wildman–Crippen MR) is 72.9 cm³/mol. The van der Waals surface area contributed by atoms with Crippen LogP contribution in [0.2, 0.25) is 0 Å². The van der Waals surface area contributed by atoms with E-state index in [4.69, 9.17) is 0 Å². The van der Waals surface area contributed by atoms with Crippen molar-refractivity contribution in [3.05, 3.63) is 0 Å². The highest BCUT2D eigenvalue weighted by Gasteiger charge is 2.53. The Morgan fingerprint density at radius 3 is 2.56 bits per heavy atom. The van der Waals surface area contributed by atoms with Crippen molar-refractivity contribution >= 4 is 0 Å². The maximum absolute atomic E-state index is 11.1. The zero-order valence-electron chi connectivity index (χ0n) is 11.9. The normalized spacial score (nSPS) is 45.4. The molecule has 0 aromatic carbocycles. The van der Waals surface area contributed by atoms with Gasteiger partial charge < -0.3 is 5.11 Å². The molecule has 0 spiro atoms. The van der Waals surface area contributed by atoms with Crippen LogP contribution in [0.5, 0.6) is 0 Å². The van der Waals surface area contributed by atoms with Crippen LogP contribution in [0.15, 0.2) is 0 Å². The van der Waals surface area contributed by atoms with E-state index in [9.17, 15) is 10.4 Å². The van der Waals surface area contributed by atoms with Gasteiger partial charge in [0.2, 0.25) is 0 Å². The van der Waals surface area contributed by atoms with Gasteiger partial charge in [-0.1, -0.05) is 46.0 Å². The van der Waals surface area contributed by atoms with E-state index >= 15 is 0 Å². The third-order valence-electron chi connectivity index (χ3n) is 5.51. The largest absolute Gasteiger partial charge is 0.388 e. The Morgan fingerprint density at radius 1 is 1.22 bits per heavy atom. The number of aliphatic hydroxyl groups is 1. The van der Waals surface area contributed by atoms with Crippen molar-refractivity contribution in [2.24, 2.45) is 17.3 Å². The molecule has 0 bridgehead atoms. The fourth-order valence-corrected chi connectivity index (χ4v) is 4.33. The van der Waals surface area contributed by atoms with Gasteiger partial charge in [-0.2, -0.15) is 5.26 Å². The molecule has 2 heteroatoms. The predicted octanol–water partition coefficient (Wildman–Crippen LogP) is 4.04. The number of nitrogens with zero attached hydrogens (tertiary/aromatic N) is 1. The molecule has 0 aromatic rings. The summed E-state index contributed by atoms with van der Waals surface area (Å²) in [7, 11) is 0. The van der Waals surface area contributed by atoms with Crippen molar-refractivity contribution in [2.45, 2.75) is 77.2 Å². The lowest BCUT2D eigenvalue weighted by Gasteiger charge is -2.50. The Labute approximate surface area is 111 Å². The van der Waals surface area contributed by atoms with Crippen molar-refractivity contribution < 1.29 is 5.11 Å². The summed E-state index contributed by atoms with van der Waals surface area (Å²) < 4.78 is 0. The average Bonchev–Trinajstić information content (AvgIpc) is 2.38. The lowest BCUT2D eigenvalue weighted by molar-refractivity contribution is -0.116. The zero-order valence-corrected chi connectivity index (χ0v) is 11.9. The first kappa shape index (κ1) is 13.9. The summed E-state index contributed by atoms with van der Waals surface area (Å²) in [5.41, 5.74) is -1.17. The van der Waals surface area contributed by atoms with Gasteiger partial charge in [-0.05, 0) is 37.5 Å². The van der Waals surface area contributed by atoms with Gasteiger partial charge in [0.15, 0.2) is 0 Å². The molecule has 4 unspecified atom stereocenters. The molecule has 0 aromatic heterocycles. The van der Waals surface area contributed by atoms with Crippen LogP contribution < -0.4 is 0 Å². The molecule has 0 amide bonds. The minimum Gasteiger partial charge on any atom is -0.388 e. The smallest absolute Gasteiger partial charge is 0.0862 e. The molecule has 2 nitrogen and oxygen atoms in total. The van der Waals surface area contributed by atoms with Crippen LogP contribution in [0.1, 0.15) is 71.6 Å². The fourth-order valence-electron chi connectivity index (χ4n) is 4.33.